The molecule has 0 saturated carbocycles. The van der Waals surface area contributed by atoms with Gasteiger partial charge in [0, 0.05) is 18.1 Å². The number of rotatable bonds is 3. The number of likely N-dealkylation sites (tertiary alicyclic amines) is 1. The molecule has 1 aliphatic heterocycles. The standard InChI is InChI=1S/C16H20ClNO4/c1-11(15(20)18-8-4-2-3-5-9-18)22-16(21)13-7-6-12(17)10-14(13)19/h6-7,10-11,19H,2-5,8-9H2,1H3/t11-/m0/s1. The molecule has 0 spiro atoms. The number of halogens is 1. The van der Waals surface area contributed by atoms with Crippen LogP contribution in [0.25, 0.3) is 0 Å². The molecule has 1 fully saturated rings. The predicted molar refractivity (Wildman–Crippen MR) is 83.0 cm³/mol. The van der Waals surface area contributed by atoms with Crippen molar-refractivity contribution < 1.29 is 19.4 Å². The van der Waals surface area contributed by atoms with Crippen LogP contribution >= 0.6 is 11.6 Å². The third kappa shape index (κ3) is 4.13. The lowest BCUT2D eigenvalue weighted by Crippen LogP contribution is -2.40. The van der Waals surface area contributed by atoms with E-state index in [1.807, 2.05) is 0 Å². The number of phenols is 1. The lowest BCUT2D eigenvalue weighted by Gasteiger charge is -2.24. The summed E-state index contributed by atoms with van der Waals surface area (Å²) >= 11 is 5.72. The summed E-state index contributed by atoms with van der Waals surface area (Å²) in [6.45, 7) is 2.96. The molecule has 0 aliphatic carbocycles. The van der Waals surface area contributed by atoms with E-state index in [0.29, 0.717) is 18.1 Å². The molecular weight excluding hydrogens is 306 g/mol. The molecule has 5 nitrogen and oxygen atoms in total. The summed E-state index contributed by atoms with van der Waals surface area (Å²) in [7, 11) is 0. The maximum absolute atomic E-state index is 12.3. The lowest BCUT2D eigenvalue weighted by atomic mass is 10.2. The summed E-state index contributed by atoms with van der Waals surface area (Å²) in [6, 6.07) is 4.13. The minimum Gasteiger partial charge on any atom is -0.507 e. The number of nitrogens with zero attached hydrogens (tertiary/aromatic N) is 1. The molecule has 0 aromatic heterocycles. The molecule has 1 aromatic rings. The van der Waals surface area contributed by atoms with Crippen LogP contribution in [0, 0.1) is 0 Å². The summed E-state index contributed by atoms with van der Waals surface area (Å²) in [5.41, 5.74) is -0.0000774. The molecule has 6 heteroatoms. The second-order valence-corrected chi connectivity index (χ2v) is 5.88. The molecule has 1 atom stereocenters. The van der Waals surface area contributed by atoms with Gasteiger partial charge in [-0.15, -0.1) is 0 Å². The molecule has 120 valence electrons. The first-order valence-electron chi connectivity index (χ1n) is 7.47. The van der Waals surface area contributed by atoms with Gasteiger partial charge in [-0.25, -0.2) is 4.79 Å². The fourth-order valence-electron chi connectivity index (χ4n) is 2.50. The molecule has 1 amide bonds. The zero-order chi connectivity index (χ0) is 16.1. The number of benzene rings is 1. The van der Waals surface area contributed by atoms with Crippen LogP contribution < -0.4 is 0 Å². The van der Waals surface area contributed by atoms with E-state index in [9.17, 15) is 14.7 Å². The molecule has 0 bridgehead atoms. The van der Waals surface area contributed by atoms with E-state index in [-0.39, 0.29) is 17.2 Å². The van der Waals surface area contributed by atoms with Crippen LogP contribution in [0.2, 0.25) is 5.02 Å². The van der Waals surface area contributed by atoms with E-state index >= 15 is 0 Å². The van der Waals surface area contributed by atoms with Crippen molar-refractivity contribution in [3.05, 3.63) is 28.8 Å². The van der Waals surface area contributed by atoms with Crippen molar-refractivity contribution in [2.24, 2.45) is 0 Å². The van der Waals surface area contributed by atoms with Gasteiger partial charge in [0.1, 0.15) is 11.3 Å². The van der Waals surface area contributed by atoms with Crippen molar-refractivity contribution in [2.45, 2.75) is 38.7 Å². The van der Waals surface area contributed by atoms with Crippen LogP contribution in [0.5, 0.6) is 5.75 Å². The Morgan fingerprint density at radius 2 is 1.86 bits per heavy atom. The third-order valence-electron chi connectivity index (χ3n) is 3.73. The van der Waals surface area contributed by atoms with Crippen LogP contribution in [0.4, 0.5) is 0 Å². The first kappa shape index (κ1) is 16.6. The Bertz CT molecular complexity index is 553. The van der Waals surface area contributed by atoms with E-state index in [1.165, 1.54) is 18.2 Å². The summed E-state index contributed by atoms with van der Waals surface area (Å²) < 4.78 is 5.18. The van der Waals surface area contributed by atoms with Gasteiger partial charge in [0.15, 0.2) is 6.10 Å². The van der Waals surface area contributed by atoms with Gasteiger partial charge in [-0.3, -0.25) is 4.79 Å². The van der Waals surface area contributed by atoms with E-state index in [2.05, 4.69) is 0 Å². The molecule has 0 unspecified atom stereocenters. The summed E-state index contributed by atoms with van der Waals surface area (Å²) in [6.07, 6.45) is 3.32. The number of hydrogen-bond donors (Lipinski definition) is 1. The largest absolute Gasteiger partial charge is 0.507 e. The second kappa shape index (κ2) is 7.49. The highest BCUT2D eigenvalue weighted by molar-refractivity contribution is 6.30. The highest BCUT2D eigenvalue weighted by Gasteiger charge is 2.25. The predicted octanol–water partition coefficient (Wildman–Crippen LogP) is 2.99. The van der Waals surface area contributed by atoms with Gasteiger partial charge in [-0.1, -0.05) is 24.4 Å². The molecular formula is C16H20ClNO4. The number of ether oxygens (including phenoxy) is 1. The van der Waals surface area contributed by atoms with Crippen molar-refractivity contribution in [1.82, 2.24) is 4.90 Å². The molecule has 22 heavy (non-hydrogen) atoms. The molecule has 2 rings (SSSR count). The number of phenolic OH excluding ortho intramolecular Hbond substituents is 1. The van der Waals surface area contributed by atoms with Gasteiger partial charge >= 0.3 is 5.97 Å². The quantitative estimate of drug-likeness (QED) is 0.868. The molecule has 1 heterocycles. The first-order valence-corrected chi connectivity index (χ1v) is 7.85. The molecule has 0 radical (unpaired) electrons. The number of esters is 1. The number of hydrogen-bond acceptors (Lipinski definition) is 4. The van der Waals surface area contributed by atoms with Crippen molar-refractivity contribution in [3.63, 3.8) is 0 Å². The van der Waals surface area contributed by atoms with Gasteiger partial charge in [0.2, 0.25) is 0 Å². The van der Waals surface area contributed by atoms with Gasteiger partial charge in [0.25, 0.3) is 5.91 Å². The van der Waals surface area contributed by atoms with Crippen molar-refractivity contribution in [2.75, 3.05) is 13.1 Å². The van der Waals surface area contributed by atoms with Gasteiger partial charge < -0.3 is 14.7 Å². The minimum atomic E-state index is -0.874. The van der Waals surface area contributed by atoms with Crippen LogP contribution in [0.3, 0.4) is 0 Å². The minimum absolute atomic E-state index is 0.0000774. The van der Waals surface area contributed by atoms with E-state index in [1.54, 1.807) is 11.8 Å². The Labute approximate surface area is 134 Å². The zero-order valence-electron chi connectivity index (χ0n) is 12.5. The number of carbonyl (C=O) groups excluding carboxylic acids is 2. The molecule has 1 N–H and O–H groups in total. The number of aromatic hydroxyl groups is 1. The van der Waals surface area contributed by atoms with Gasteiger partial charge in [-0.05, 0) is 38.0 Å². The smallest absolute Gasteiger partial charge is 0.342 e. The van der Waals surface area contributed by atoms with Crippen molar-refractivity contribution in [3.8, 4) is 5.75 Å². The average Bonchev–Trinajstić information content (AvgIpc) is 2.75. The van der Waals surface area contributed by atoms with Crippen LogP contribution in [0.1, 0.15) is 43.0 Å². The van der Waals surface area contributed by atoms with Crippen molar-refractivity contribution >= 4 is 23.5 Å². The number of amides is 1. The Morgan fingerprint density at radius 1 is 1.23 bits per heavy atom. The molecule has 1 aliphatic rings. The highest BCUT2D eigenvalue weighted by Crippen LogP contribution is 2.23. The van der Waals surface area contributed by atoms with Crippen LogP contribution in [-0.2, 0) is 9.53 Å². The third-order valence-corrected chi connectivity index (χ3v) is 3.96. The van der Waals surface area contributed by atoms with Gasteiger partial charge in [0.05, 0.1) is 0 Å². The monoisotopic (exact) mass is 325 g/mol. The molecule has 1 saturated heterocycles. The van der Waals surface area contributed by atoms with E-state index < -0.39 is 12.1 Å². The maximum Gasteiger partial charge on any atom is 0.342 e. The maximum atomic E-state index is 12.3. The van der Waals surface area contributed by atoms with Gasteiger partial charge in [-0.2, -0.15) is 0 Å². The zero-order valence-corrected chi connectivity index (χ0v) is 13.3. The average molecular weight is 326 g/mol. The topological polar surface area (TPSA) is 66.8 Å². The SMILES string of the molecule is C[C@H](OC(=O)c1ccc(Cl)cc1O)C(=O)N1CCCCCC1. The van der Waals surface area contributed by atoms with E-state index in [4.69, 9.17) is 16.3 Å². The Kier molecular flexibility index (Phi) is 5.66. The van der Waals surface area contributed by atoms with Crippen molar-refractivity contribution in [1.29, 1.82) is 0 Å². The highest BCUT2D eigenvalue weighted by atomic mass is 35.5. The Hall–Kier alpha value is -1.75. The first-order chi connectivity index (χ1) is 10.5. The fraction of sp³-hybridized carbons (Fsp3) is 0.500. The second-order valence-electron chi connectivity index (χ2n) is 5.45. The lowest BCUT2D eigenvalue weighted by molar-refractivity contribution is -0.139. The summed E-state index contributed by atoms with van der Waals surface area (Å²) in [4.78, 5) is 26.1. The summed E-state index contributed by atoms with van der Waals surface area (Å²) in [5, 5.41) is 10.0. The molecule has 1 aromatic carbocycles. The van der Waals surface area contributed by atoms with Crippen LogP contribution in [0.15, 0.2) is 18.2 Å². The fourth-order valence-corrected chi connectivity index (χ4v) is 2.67. The Morgan fingerprint density at radius 3 is 2.45 bits per heavy atom. The van der Waals surface area contributed by atoms with Crippen LogP contribution in [-0.4, -0.2) is 41.1 Å². The Balaban J connectivity index is 1.99. The van der Waals surface area contributed by atoms with E-state index in [0.717, 1.165) is 25.7 Å². The summed E-state index contributed by atoms with van der Waals surface area (Å²) in [5.74, 6) is -1.18. The number of carbonyl (C=O) groups is 2. The normalized spacial score (nSPS) is 16.7.